The van der Waals surface area contributed by atoms with Gasteiger partial charge in [-0.05, 0) is 46.5 Å². The summed E-state index contributed by atoms with van der Waals surface area (Å²) in [5.41, 5.74) is 4.36. The predicted molar refractivity (Wildman–Crippen MR) is 89.2 cm³/mol. The Balaban J connectivity index is 2.10. The van der Waals surface area contributed by atoms with Crippen molar-refractivity contribution in [3.63, 3.8) is 0 Å². The van der Waals surface area contributed by atoms with E-state index in [1.165, 1.54) is 5.56 Å². The fraction of sp³-hybridized carbons (Fsp3) is 0.100. The number of phenols is 2. The summed E-state index contributed by atoms with van der Waals surface area (Å²) in [7, 11) is 0. The SMILES string of the molecule is CC(c1ccccc1)c1cc(O)ccc1-c1ccc(O)cc1. The van der Waals surface area contributed by atoms with Crippen LogP contribution >= 0.6 is 0 Å². The molecule has 0 radical (unpaired) electrons. The molecule has 22 heavy (non-hydrogen) atoms. The molecule has 3 aromatic rings. The highest BCUT2D eigenvalue weighted by molar-refractivity contribution is 5.70. The second kappa shape index (κ2) is 5.94. The van der Waals surface area contributed by atoms with E-state index < -0.39 is 0 Å². The normalized spacial score (nSPS) is 12.0. The summed E-state index contributed by atoms with van der Waals surface area (Å²) in [6.07, 6.45) is 0. The molecule has 2 heteroatoms. The summed E-state index contributed by atoms with van der Waals surface area (Å²) in [6.45, 7) is 2.13. The average Bonchev–Trinajstić information content (AvgIpc) is 2.56. The molecule has 1 unspecified atom stereocenters. The van der Waals surface area contributed by atoms with Crippen molar-refractivity contribution < 1.29 is 10.2 Å². The van der Waals surface area contributed by atoms with E-state index in [4.69, 9.17) is 0 Å². The summed E-state index contributed by atoms with van der Waals surface area (Å²) in [4.78, 5) is 0. The first-order chi connectivity index (χ1) is 10.6. The van der Waals surface area contributed by atoms with Crippen LogP contribution in [0.25, 0.3) is 11.1 Å². The van der Waals surface area contributed by atoms with Crippen molar-refractivity contribution in [3.05, 3.63) is 83.9 Å². The lowest BCUT2D eigenvalue weighted by Crippen LogP contribution is -1.98. The number of hydrogen-bond donors (Lipinski definition) is 2. The maximum atomic E-state index is 9.88. The summed E-state index contributed by atoms with van der Waals surface area (Å²) in [5.74, 6) is 0.678. The van der Waals surface area contributed by atoms with Crippen LogP contribution in [-0.2, 0) is 0 Å². The molecule has 1 atom stereocenters. The Morgan fingerprint density at radius 3 is 2.05 bits per heavy atom. The molecule has 0 aliphatic rings. The first-order valence-electron chi connectivity index (χ1n) is 7.32. The van der Waals surface area contributed by atoms with E-state index in [1.54, 1.807) is 18.2 Å². The molecule has 2 N–H and O–H groups in total. The number of hydrogen-bond acceptors (Lipinski definition) is 2. The molecule has 0 spiro atoms. The average molecular weight is 290 g/mol. The molecule has 0 aliphatic heterocycles. The maximum absolute atomic E-state index is 9.88. The van der Waals surface area contributed by atoms with E-state index in [2.05, 4.69) is 19.1 Å². The molecule has 0 aliphatic carbocycles. The smallest absolute Gasteiger partial charge is 0.115 e. The van der Waals surface area contributed by atoms with Crippen molar-refractivity contribution in [2.75, 3.05) is 0 Å². The third-order valence-electron chi connectivity index (χ3n) is 3.98. The van der Waals surface area contributed by atoms with Crippen LogP contribution in [0.3, 0.4) is 0 Å². The summed E-state index contributed by atoms with van der Waals surface area (Å²) >= 11 is 0. The van der Waals surface area contributed by atoms with Crippen LogP contribution in [0, 0.1) is 0 Å². The number of phenolic OH excluding ortho intramolecular Hbond substituents is 2. The van der Waals surface area contributed by atoms with Crippen LogP contribution in [0.5, 0.6) is 11.5 Å². The zero-order chi connectivity index (χ0) is 15.5. The van der Waals surface area contributed by atoms with Gasteiger partial charge in [0, 0.05) is 5.92 Å². The van der Waals surface area contributed by atoms with Gasteiger partial charge in [-0.2, -0.15) is 0 Å². The second-order valence-corrected chi connectivity index (χ2v) is 5.45. The lowest BCUT2D eigenvalue weighted by molar-refractivity contribution is 0.474. The van der Waals surface area contributed by atoms with E-state index in [0.717, 1.165) is 16.7 Å². The number of aromatic hydroxyl groups is 2. The Morgan fingerprint density at radius 2 is 1.36 bits per heavy atom. The van der Waals surface area contributed by atoms with Crippen LogP contribution in [0.1, 0.15) is 24.0 Å². The van der Waals surface area contributed by atoms with E-state index in [1.807, 2.05) is 42.5 Å². The third-order valence-corrected chi connectivity index (χ3v) is 3.98. The second-order valence-electron chi connectivity index (χ2n) is 5.45. The van der Waals surface area contributed by atoms with Crippen molar-refractivity contribution in [1.82, 2.24) is 0 Å². The van der Waals surface area contributed by atoms with Crippen LogP contribution < -0.4 is 0 Å². The fourth-order valence-corrected chi connectivity index (χ4v) is 2.73. The molecule has 0 saturated heterocycles. The zero-order valence-corrected chi connectivity index (χ0v) is 12.4. The van der Waals surface area contributed by atoms with E-state index in [9.17, 15) is 10.2 Å². The van der Waals surface area contributed by atoms with Gasteiger partial charge in [0.05, 0.1) is 0 Å². The highest BCUT2D eigenvalue weighted by Gasteiger charge is 2.14. The quantitative estimate of drug-likeness (QED) is 0.719. The summed E-state index contributed by atoms with van der Waals surface area (Å²) < 4.78 is 0. The topological polar surface area (TPSA) is 40.5 Å². The molecule has 0 heterocycles. The van der Waals surface area contributed by atoms with Gasteiger partial charge in [-0.3, -0.25) is 0 Å². The van der Waals surface area contributed by atoms with E-state index >= 15 is 0 Å². The van der Waals surface area contributed by atoms with Gasteiger partial charge < -0.3 is 10.2 Å². The minimum atomic E-state index is 0.164. The molecule has 0 bridgehead atoms. The first kappa shape index (κ1) is 14.2. The number of rotatable bonds is 3. The van der Waals surface area contributed by atoms with E-state index in [0.29, 0.717) is 0 Å². The molecular weight excluding hydrogens is 272 g/mol. The molecule has 0 amide bonds. The van der Waals surface area contributed by atoms with E-state index in [-0.39, 0.29) is 17.4 Å². The van der Waals surface area contributed by atoms with Gasteiger partial charge in [-0.25, -0.2) is 0 Å². The minimum absolute atomic E-state index is 0.164. The third kappa shape index (κ3) is 2.82. The molecule has 0 aromatic heterocycles. The Morgan fingerprint density at radius 1 is 0.727 bits per heavy atom. The zero-order valence-electron chi connectivity index (χ0n) is 12.4. The molecular formula is C20H18O2. The van der Waals surface area contributed by atoms with Crippen molar-refractivity contribution in [3.8, 4) is 22.6 Å². The Kier molecular flexibility index (Phi) is 3.84. The van der Waals surface area contributed by atoms with Crippen LogP contribution in [-0.4, -0.2) is 10.2 Å². The fourth-order valence-electron chi connectivity index (χ4n) is 2.73. The van der Waals surface area contributed by atoms with Crippen molar-refractivity contribution in [2.24, 2.45) is 0 Å². The lowest BCUT2D eigenvalue weighted by Gasteiger charge is -2.18. The highest BCUT2D eigenvalue weighted by Crippen LogP contribution is 2.35. The summed E-state index contributed by atoms with van der Waals surface area (Å²) in [6, 6.07) is 22.8. The molecule has 2 nitrogen and oxygen atoms in total. The minimum Gasteiger partial charge on any atom is -0.508 e. The Labute approximate surface area is 130 Å². The van der Waals surface area contributed by atoms with Gasteiger partial charge in [0.2, 0.25) is 0 Å². The number of benzene rings is 3. The Bertz CT molecular complexity index is 761. The largest absolute Gasteiger partial charge is 0.508 e. The van der Waals surface area contributed by atoms with Gasteiger partial charge in [-0.15, -0.1) is 0 Å². The van der Waals surface area contributed by atoms with Crippen molar-refractivity contribution in [1.29, 1.82) is 0 Å². The summed E-state index contributed by atoms with van der Waals surface area (Å²) in [5, 5.41) is 19.3. The molecule has 3 aromatic carbocycles. The van der Waals surface area contributed by atoms with Crippen LogP contribution in [0.15, 0.2) is 72.8 Å². The van der Waals surface area contributed by atoms with Gasteiger partial charge >= 0.3 is 0 Å². The van der Waals surface area contributed by atoms with Crippen LogP contribution in [0.2, 0.25) is 0 Å². The van der Waals surface area contributed by atoms with Gasteiger partial charge in [-0.1, -0.05) is 55.5 Å². The molecule has 110 valence electrons. The monoisotopic (exact) mass is 290 g/mol. The highest BCUT2D eigenvalue weighted by atomic mass is 16.3. The van der Waals surface area contributed by atoms with Crippen molar-refractivity contribution >= 4 is 0 Å². The van der Waals surface area contributed by atoms with Gasteiger partial charge in [0.1, 0.15) is 11.5 Å². The standard InChI is InChI=1S/C20H18O2/c1-14(15-5-3-2-4-6-15)20-13-18(22)11-12-19(20)16-7-9-17(21)10-8-16/h2-14,21-22H,1H3. The Hall–Kier alpha value is -2.74. The molecule has 0 fully saturated rings. The van der Waals surface area contributed by atoms with Crippen molar-refractivity contribution in [2.45, 2.75) is 12.8 Å². The maximum Gasteiger partial charge on any atom is 0.115 e. The van der Waals surface area contributed by atoms with Crippen LogP contribution in [0.4, 0.5) is 0 Å². The lowest BCUT2D eigenvalue weighted by atomic mass is 9.87. The van der Waals surface area contributed by atoms with Gasteiger partial charge in [0.15, 0.2) is 0 Å². The first-order valence-corrected chi connectivity index (χ1v) is 7.32. The predicted octanol–water partition coefficient (Wildman–Crippen LogP) is 4.92. The molecule has 3 rings (SSSR count). The molecule has 0 saturated carbocycles. The van der Waals surface area contributed by atoms with Gasteiger partial charge in [0.25, 0.3) is 0 Å².